The smallest absolute Gasteiger partial charge is 0.194 e. The van der Waals surface area contributed by atoms with E-state index in [1.807, 2.05) is 0 Å². The van der Waals surface area contributed by atoms with Crippen molar-refractivity contribution in [3.63, 3.8) is 0 Å². The Morgan fingerprint density at radius 2 is 1.67 bits per heavy atom. The summed E-state index contributed by atoms with van der Waals surface area (Å²) in [6, 6.07) is 19.2. The van der Waals surface area contributed by atoms with Crippen LogP contribution in [0.1, 0.15) is 25.3 Å². The molecule has 2 fully saturated rings. The fourth-order valence-corrected chi connectivity index (χ4v) is 4.71. The molecule has 2 saturated heterocycles. The normalized spacial score (nSPS) is 18.4. The van der Waals surface area contributed by atoms with Crippen molar-refractivity contribution in [2.45, 2.75) is 25.2 Å². The van der Waals surface area contributed by atoms with Crippen molar-refractivity contribution in [1.29, 1.82) is 0 Å². The highest BCUT2D eigenvalue weighted by molar-refractivity contribution is 14.0. The van der Waals surface area contributed by atoms with Gasteiger partial charge in [-0.1, -0.05) is 30.3 Å². The van der Waals surface area contributed by atoms with Gasteiger partial charge in [0.05, 0.1) is 13.7 Å². The summed E-state index contributed by atoms with van der Waals surface area (Å²) in [6.45, 7) is 9.31. The average Bonchev–Trinajstić information content (AvgIpc) is 2.88. The molecule has 7 heteroatoms. The molecule has 0 unspecified atom stereocenters. The van der Waals surface area contributed by atoms with Gasteiger partial charge in [0.25, 0.3) is 0 Å². The van der Waals surface area contributed by atoms with Crippen LogP contribution in [0.15, 0.2) is 59.6 Å². The van der Waals surface area contributed by atoms with Crippen LogP contribution in [0, 0.1) is 0 Å². The molecule has 1 N–H and O–H groups in total. The molecule has 33 heavy (non-hydrogen) atoms. The van der Waals surface area contributed by atoms with Crippen molar-refractivity contribution in [3.8, 4) is 5.75 Å². The highest BCUT2D eigenvalue weighted by Crippen LogP contribution is 2.36. The summed E-state index contributed by atoms with van der Waals surface area (Å²) < 4.78 is 11.1. The van der Waals surface area contributed by atoms with Gasteiger partial charge in [0.2, 0.25) is 0 Å². The Morgan fingerprint density at radius 3 is 2.27 bits per heavy atom. The van der Waals surface area contributed by atoms with E-state index in [0.29, 0.717) is 0 Å². The molecule has 180 valence electrons. The number of anilines is 1. The SMILES string of the molecule is CCNC(=NCC1(c2ccc(OC)cc2)CCOCC1)N1CCN(c2ccccc2)CC1.I. The summed E-state index contributed by atoms with van der Waals surface area (Å²) >= 11 is 0. The minimum Gasteiger partial charge on any atom is -0.497 e. The number of piperazine rings is 1. The maximum atomic E-state index is 5.71. The van der Waals surface area contributed by atoms with Crippen LogP contribution >= 0.6 is 24.0 Å². The number of nitrogens with zero attached hydrogens (tertiary/aromatic N) is 3. The second-order valence-electron chi connectivity index (χ2n) is 8.60. The number of para-hydroxylation sites is 1. The molecule has 4 rings (SSSR count). The summed E-state index contributed by atoms with van der Waals surface area (Å²) in [5, 5.41) is 3.54. The summed E-state index contributed by atoms with van der Waals surface area (Å²) in [7, 11) is 1.71. The molecular weight excluding hydrogens is 527 g/mol. The molecule has 0 aromatic heterocycles. The second-order valence-corrected chi connectivity index (χ2v) is 8.60. The highest BCUT2D eigenvalue weighted by Gasteiger charge is 2.35. The van der Waals surface area contributed by atoms with Crippen LogP contribution < -0.4 is 15.0 Å². The average molecular weight is 565 g/mol. The van der Waals surface area contributed by atoms with Gasteiger partial charge in [-0.05, 0) is 49.6 Å². The van der Waals surface area contributed by atoms with Gasteiger partial charge in [-0.3, -0.25) is 4.99 Å². The number of guanidine groups is 1. The molecule has 0 bridgehead atoms. The number of nitrogens with one attached hydrogen (secondary N) is 1. The lowest BCUT2D eigenvalue weighted by Crippen LogP contribution is -2.53. The van der Waals surface area contributed by atoms with Crippen LogP contribution in [-0.4, -0.2) is 70.5 Å². The van der Waals surface area contributed by atoms with E-state index in [4.69, 9.17) is 14.5 Å². The van der Waals surface area contributed by atoms with E-state index in [0.717, 1.165) is 77.0 Å². The minimum absolute atomic E-state index is 0. The molecule has 2 aliphatic heterocycles. The van der Waals surface area contributed by atoms with Crippen molar-refractivity contribution in [3.05, 3.63) is 60.2 Å². The lowest BCUT2D eigenvalue weighted by Gasteiger charge is -2.39. The number of hydrogen-bond acceptors (Lipinski definition) is 4. The Bertz CT molecular complexity index is 862. The minimum atomic E-state index is 0. The molecule has 0 radical (unpaired) electrons. The number of benzene rings is 2. The highest BCUT2D eigenvalue weighted by atomic mass is 127. The first-order valence-corrected chi connectivity index (χ1v) is 11.8. The number of ether oxygens (including phenoxy) is 2. The maximum Gasteiger partial charge on any atom is 0.194 e. The third kappa shape index (κ3) is 6.32. The van der Waals surface area contributed by atoms with Gasteiger partial charge in [0.15, 0.2) is 5.96 Å². The molecule has 0 amide bonds. The molecular formula is C26H37IN4O2. The summed E-state index contributed by atoms with van der Waals surface area (Å²) in [5.41, 5.74) is 2.64. The Balaban J connectivity index is 0.00000306. The van der Waals surface area contributed by atoms with Crippen LogP contribution in [-0.2, 0) is 10.2 Å². The van der Waals surface area contributed by atoms with Crippen LogP contribution in [0.5, 0.6) is 5.75 Å². The van der Waals surface area contributed by atoms with Gasteiger partial charge in [-0.15, -0.1) is 24.0 Å². The van der Waals surface area contributed by atoms with Crippen molar-refractivity contribution >= 4 is 35.6 Å². The monoisotopic (exact) mass is 564 g/mol. The van der Waals surface area contributed by atoms with Gasteiger partial charge in [-0.25, -0.2) is 0 Å². The summed E-state index contributed by atoms with van der Waals surface area (Å²) in [6.07, 6.45) is 1.98. The van der Waals surface area contributed by atoms with Crippen molar-refractivity contribution < 1.29 is 9.47 Å². The summed E-state index contributed by atoms with van der Waals surface area (Å²) in [5.74, 6) is 1.92. The molecule has 2 aliphatic rings. The van der Waals surface area contributed by atoms with Crippen molar-refractivity contribution in [2.24, 2.45) is 4.99 Å². The van der Waals surface area contributed by atoms with E-state index < -0.39 is 0 Å². The first-order valence-electron chi connectivity index (χ1n) is 11.8. The van der Waals surface area contributed by atoms with E-state index in [9.17, 15) is 0 Å². The second kappa shape index (κ2) is 12.5. The molecule has 6 nitrogen and oxygen atoms in total. The Hall–Kier alpha value is -2.00. The zero-order valence-electron chi connectivity index (χ0n) is 19.8. The van der Waals surface area contributed by atoms with E-state index in [1.54, 1.807) is 7.11 Å². The quantitative estimate of drug-likeness (QED) is 0.325. The zero-order chi connectivity index (χ0) is 22.2. The number of aliphatic imine (C=N–C) groups is 1. The fraction of sp³-hybridized carbons (Fsp3) is 0.500. The predicted octanol–water partition coefficient (Wildman–Crippen LogP) is 4.15. The molecule has 0 saturated carbocycles. The van der Waals surface area contributed by atoms with Crippen LogP contribution in [0.2, 0.25) is 0 Å². The van der Waals surface area contributed by atoms with Gasteiger partial charge in [-0.2, -0.15) is 0 Å². The van der Waals surface area contributed by atoms with E-state index in [1.165, 1.54) is 11.3 Å². The Labute approximate surface area is 215 Å². The van der Waals surface area contributed by atoms with Crippen LogP contribution in [0.3, 0.4) is 0 Å². The molecule has 0 spiro atoms. The standard InChI is InChI=1S/C26H36N4O2.HI/c1-3-27-25(30-17-15-29(16-18-30)23-7-5-4-6-8-23)28-21-26(13-19-32-20-14-26)22-9-11-24(31-2)12-10-22;/h4-12H,3,13-21H2,1-2H3,(H,27,28);1H. The van der Waals surface area contributed by atoms with E-state index in [2.05, 4.69) is 76.6 Å². The number of hydrogen-bond donors (Lipinski definition) is 1. The Kier molecular flexibility index (Phi) is 9.67. The van der Waals surface area contributed by atoms with Crippen LogP contribution in [0.4, 0.5) is 5.69 Å². The topological polar surface area (TPSA) is 49.3 Å². The zero-order valence-corrected chi connectivity index (χ0v) is 22.2. The van der Waals surface area contributed by atoms with Gasteiger partial charge in [0.1, 0.15) is 5.75 Å². The third-order valence-electron chi connectivity index (χ3n) is 6.72. The maximum absolute atomic E-state index is 5.71. The van der Waals surface area contributed by atoms with Gasteiger partial charge >= 0.3 is 0 Å². The molecule has 0 atom stereocenters. The van der Waals surface area contributed by atoms with Crippen molar-refractivity contribution in [1.82, 2.24) is 10.2 Å². The molecule has 2 heterocycles. The van der Waals surface area contributed by atoms with E-state index in [-0.39, 0.29) is 29.4 Å². The lowest BCUT2D eigenvalue weighted by molar-refractivity contribution is 0.0530. The lowest BCUT2D eigenvalue weighted by atomic mass is 9.74. The van der Waals surface area contributed by atoms with Gasteiger partial charge in [0, 0.05) is 57.0 Å². The first kappa shape index (κ1) is 25.6. The Morgan fingerprint density at radius 1 is 1.00 bits per heavy atom. The number of rotatable bonds is 6. The molecule has 2 aromatic carbocycles. The van der Waals surface area contributed by atoms with Gasteiger partial charge < -0.3 is 24.6 Å². The number of methoxy groups -OCH3 is 1. The van der Waals surface area contributed by atoms with Crippen LogP contribution in [0.25, 0.3) is 0 Å². The summed E-state index contributed by atoms with van der Waals surface area (Å²) in [4.78, 5) is 10.0. The van der Waals surface area contributed by atoms with Crippen molar-refractivity contribution in [2.75, 3.05) is 64.5 Å². The molecule has 2 aromatic rings. The third-order valence-corrected chi connectivity index (χ3v) is 6.72. The predicted molar refractivity (Wildman–Crippen MR) is 146 cm³/mol. The number of halogens is 1. The fourth-order valence-electron chi connectivity index (χ4n) is 4.71. The molecule has 0 aliphatic carbocycles. The van der Waals surface area contributed by atoms with E-state index >= 15 is 0 Å². The first-order chi connectivity index (χ1) is 15.7. The largest absolute Gasteiger partial charge is 0.497 e.